The van der Waals surface area contributed by atoms with Gasteiger partial charge in [-0.25, -0.2) is 8.78 Å². The second kappa shape index (κ2) is 10.0. The molecule has 7 heteroatoms. The maximum absolute atomic E-state index is 13.9. The molecule has 2 aromatic rings. The van der Waals surface area contributed by atoms with Crippen molar-refractivity contribution >= 4 is 16.8 Å². The Labute approximate surface area is 155 Å². The van der Waals surface area contributed by atoms with Crippen molar-refractivity contribution in [3.8, 4) is 0 Å². The molecule has 0 heterocycles. The fourth-order valence-electron chi connectivity index (χ4n) is 2.39. The van der Waals surface area contributed by atoms with Crippen molar-refractivity contribution in [2.75, 3.05) is 18.8 Å². The predicted molar refractivity (Wildman–Crippen MR) is 102 cm³/mol. The van der Waals surface area contributed by atoms with Crippen LogP contribution < -0.4 is 10.6 Å². The number of aliphatic imine (C=N–C) groups is 1. The van der Waals surface area contributed by atoms with Crippen LogP contribution in [0.1, 0.15) is 25.5 Å². The molecule has 4 nitrogen and oxygen atoms in total. The molecule has 0 amide bonds. The lowest BCUT2D eigenvalue weighted by Crippen LogP contribution is -2.39. The van der Waals surface area contributed by atoms with Gasteiger partial charge in [-0.15, -0.1) is 0 Å². The molecule has 2 atom stereocenters. The van der Waals surface area contributed by atoms with Gasteiger partial charge in [-0.3, -0.25) is 9.20 Å². The summed E-state index contributed by atoms with van der Waals surface area (Å²) in [5.41, 5.74) is 0.352. The van der Waals surface area contributed by atoms with Crippen LogP contribution in [0.25, 0.3) is 0 Å². The van der Waals surface area contributed by atoms with E-state index in [1.165, 1.54) is 12.1 Å². The van der Waals surface area contributed by atoms with Gasteiger partial charge in [-0.1, -0.05) is 24.3 Å². The van der Waals surface area contributed by atoms with Gasteiger partial charge >= 0.3 is 0 Å². The Morgan fingerprint density at radius 3 is 2.58 bits per heavy atom. The highest BCUT2D eigenvalue weighted by Crippen LogP contribution is 2.17. The van der Waals surface area contributed by atoms with Gasteiger partial charge in [0.2, 0.25) is 0 Å². The Morgan fingerprint density at radius 2 is 1.92 bits per heavy atom. The van der Waals surface area contributed by atoms with Gasteiger partial charge in [0, 0.05) is 28.8 Å². The minimum atomic E-state index is -1.12. The van der Waals surface area contributed by atoms with E-state index >= 15 is 0 Å². The first kappa shape index (κ1) is 20.0. The van der Waals surface area contributed by atoms with Gasteiger partial charge < -0.3 is 10.6 Å². The molecule has 2 unspecified atom stereocenters. The summed E-state index contributed by atoms with van der Waals surface area (Å²) >= 11 is 0. The maximum Gasteiger partial charge on any atom is 0.191 e. The lowest BCUT2D eigenvalue weighted by Gasteiger charge is -2.18. The van der Waals surface area contributed by atoms with Crippen LogP contribution in [0.2, 0.25) is 0 Å². The molecular formula is C19H23F2N3OS. The molecule has 0 fully saturated rings. The summed E-state index contributed by atoms with van der Waals surface area (Å²) in [6.07, 6.45) is 0. The van der Waals surface area contributed by atoms with Crippen LogP contribution in [-0.4, -0.2) is 29.0 Å². The van der Waals surface area contributed by atoms with E-state index in [1.54, 1.807) is 6.92 Å². The summed E-state index contributed by atoms with van der Waals surface area (Å²) < 4.78 is 39.2. The number of nitrogens with one attached hydrogen (secondary N) is 2. The zero-order valence-corrected chi connectivity index (χ0v) is 15.7. The molecule has 0 aliphatic carbocycles. The third kappa shape index (κ3) is 5.91. The number of hydrogen-bond acceptors (Lipinski definition) is 2. The van der Waals surface area contributed by atoms with Crippen molar-refractivity contribution in [2.45, 2.75) is 24.8 Å². The van der Waals surface area contributed by atoms with Crippen molar-refractivity contribution in [1.82, 2.24) is 10.6 Å². The first-order valence-corrected chi connectivity index (χ1v) is 9.76. The molecule has 0 spiro atoms. The van der Waals surface area contributed by atoms with Crippen LogP contribution >= 0.6 is 0 Å². The van der Waals surface area contributed by atoms with Crippen LogP contribution in [0.4, 0.5) is 8.78 Å². The second-order valence-electron chi connectivity index (χ2n) is 5.66. The summed E-state index contributed by atoms with van der Waals surface area (Å²) in [4.78, 5) is 5.16. The number of hydrogen-bond donors (Lipinski definition) is 2. The molecule has 0 bridgehead atoms. The first-order chi connectivity index (χ1) is 12.5. The highest BCUT2D eigenvalue weighted by atomic mass is 32.2. The molecule has 26 heavy (non-hydrogen) atoms. The standard InChI is InChI=1S/C19H23F2N3OS/c1-3-22-19(23-11-12-26(25)16-7-5-4-6-8-16)24-14(2)17-10-9-15(20)13-18(17)21/h4-10,13-14H,3,11-12H2,1-2H3,(H2,22,23,24). The van der Waals surface area contributed by atoms with Crippen LogP contribution in [0.15, 0.2) is 58.4 Å². The lowest BCUT2D eigenvalue weighted by atomic mass is 10.1. The lowest BCUT2D eigenvalue weighted by molar-refractivity contribution is 0.551. The zero-order valence-electron chi connectivity index (χ0n) is 14.8. The van der Waals surface area contributed by atoms with E-state index in [-0.39, 0.29) is 0 Å². The quantitative estimate of drug-likeness (QED) is 0.573. The van der Waals surface area contributed by atoms with E-state index < -0.39 is 28.5 Å². The van der Waals surface area contributed by atoms with Crippen LogP contribution in [0.3, 0.4) is 0 Å². The third-order valence-corrected chi connectivity index (χ3v) is 5.03. The number of halogens is 2. The van der Waals surface area contributed by atoms with Gasteiger partial charge in [0.25, 0.3) is 0 Å². The highest BCUT2D eigenvalue weighted by Gasteiger charge is 2.13. The number of benzene rings is 2. The average molecular weight is 379 g/mol. The second-order valence-corrected chi connectivity index (χ2v) is 7.23. The Hall–Kier alpha value is -2.28. The van der Waals surface area contributed by atoms with E-state index in [2.05, 4.69) is 15.6 Å². The number of rotatable bonds is 7. The Balaban J connectivity index is 1.98. The van der Waals surface area contributed by atoms with Gasteiger partial charge in [0.05, 0.1) is 23.4 Å². The van der Waals surface area contributed by atoms with Crippen LogP contribution in [-0.2, 0) is 10.8 Å². The maximum atomic E-state index is 13.9. The minimum absolute atomic E-state index is 0.352. The molecule has 2 N–H and O–H groups in total. The third-order valence-electron chi connectivity index (χ3n) is 3.68. The molecular weight excluding hydrogens is 356 g/mol. The van der Waals surface area contributed by atoms with E-state index in [4.69, 9.17) is 0 Å². The largest absolute Gasteiger partial charge is 0.357 e. The smallest absolute Gasteiger partial charge is 0.191 e. The normalized spacial score (nSPS) is 13.9. The van der Waals surface area contributed by atoms with Gasteiger partial charge in [-0.2, -0.15) is 0 Å². The molecule has 140 valence electrons. The van der Waals surface area contributed by atoms with Gasteiger partial charge in [0.1, 0.15) is 11.6 Å². The van der Waals surface area contributed by atoms with E-state index in [1.807, 2.05) is 37.3 Å². The molecule has 0 radical (unpaired) electrons. The summed E-state index contributed by atoms with van der Waals surface area (Å²) in [6, 6.07) is 12.3. The van der Waals surface area contributed by atoms with E-state index in [0.29, 0.717) is 30.4 Å². The number of guanidine groups is 1. The van der Waals surface area contributed by atoms with E-state index in [9.17, 15) is 13.0 Å². The Kier molecular flexibility index (Phi) is 7.72. The molecule has 0 saturated carbocycles. The Morgan fingerprint density at radius 1 is 1.19 bits per heavy atom. The summed E-state index contributed by atoms with van der Waals surface area (Å²) in [5, 5.41) is 6.16. The molecule has 0 aliphatic heterocycles. The van der Waals surface area contributed by atoms with Crippen LogP contribution in [0, 0.1) is 11.6 Å². The molecule has 0 aromatic heterocycles. The van der Waals surface area contributed by atoms with Crippen molar-refractivity contribution in [1.29, 1.82) is 0 Å². The summed E-state index contributed by atoms with van der Waals surface area (Å²) in [6.45, 7) is 4.68. The summed E-state index contributed by atoms with van der Waals surface area (Å²) in [7, 11) is -1.12. The first-order valence-electron chi connectivity index (χ1n) is 8.44. The zero-order chi connectivity index (χ0) is 18.9. The van der Waals surface area contributed by atoms with Gasteiger partial charge in [0.15, 0.2) is 5.96 Å². The SMILES string of the molecule is CCNC(=NCCS(=O)c1ccccc1)NC(C)c1ccc(F)cc1F. The van der Waals surface area contributed by atoms with Crippen molar-refractivity contribution in [3.05, 3.63) is 65.7 Å². The minimum Gasteiger partial charge on any atom is -0.357 e. The fourth-order valence-corrected chi connectivity index (χ4v) is 3.34. The van der Waals surface area contributed by atoms with Crippen molar-refractivity contribution in [2.24, 2.45) is 4.99 Å². The van der Waals surface area contributed by atoms with Gasteiger partial charge in [-0.05, 0) is 32.0 Å². The average Bonchev–Trinajstić information content (AvgIpc) is 2.62. The molecule has 2 aromatic carbocycles. The monoisotopic (exact) mass is 379 g/mol. The molecule has 0 saturated heterocycles. The van der Waals surface area contributed by atoms with Crippen molar-refractivity contribution in [3.63, 3.8) is 0 Å². The molecule has 2 rings (SSSR count). The highest BCUT2D eigenvalue weighted by molar-refractivity contribution is 7.85. The Bertz CT molecular complexity index is 769. The van der Waals surface area contributed by atoms with Crippen LogP contribution in [0.5, 0.6) is 0 Å². The summed E-state index contributed by atoms with van der Waals surface area (Å²) in [5.74, 6) is -0.331. The number of nitrogens with zero attached hydrogens (tertiary/aromatic N) is 1. The predicted octanol–water partition coefficient (Wildman–Crippen LogP) is 3.39. The molecule has 0 aliphatic rings. The van der Waals surface area contributed by atoms with Crippen molar-refractivity contribution < 1.29 is 13.0 Å². The van der Waals surface area contributed by atoms with E-state index in [0.717, 1.165) is 11.0 Å². The fraction of sp³-hybridized carbons (Fsp3) is 0.316. The topological polar surface area (TPSA) is 53.5 Å².